The molecule has 0 aromatic rings. The molecule has 0 aliphatic carbocycles. The quantitative estimate of drug-likeness (QED) is 0.701. The standard InChI is InChI=1S/C13H27NO2/c1-4-6-11(3)12(5-2)14-9-13(15)7-8-16-10-13/h11-12,14-15H,4-10H2,1-3H3. The van der Waals surface area contributed by atoms with Gasteiger partial charge in [0.05, 0.1) is 6.61 Å². The second-order valence-electron chi connectivity index (χ2n) is 5.19. The summed E-state index contributed by atoms with van der Waals surface area (Å²) in [6.45, 7) is 8.57. The van der Waals surface area contributed by atoms with Crippen molar-refractivity contribution in [3.63, 3.8) is 0 Å². The highest BCUT2D eigenvalue weighted by Gasteiger charge is 2.32. The van der Waals surface area contributed by atoms with Crippen molar-refractivity contribution in [3.8, 4) is 0 Å². The SMILES string of the molecule is CCCC(C)C(CC)NCC1(O)CCOC1. The van der Waals surface area contributed by atoms with Crippen LogP contribution in [0.1, 0.15) is 46.5 Å². The number of hydrogen-bond acceptors (Lipinski definition) is 3. The second-order valence-corrected chi connectivity index (χ2v) is 5.19. The van der Waals surface area contributed by atoms with Crippen LogP contribution in [0.15, 0.2) is 0 Å². The van der Waals surface area contributed by atoms with Crippen LogP contribution in [0.2, 0.25) is 0 Å². The van der Waals surface area contributed by atoms with Crippen LogP contribution < -0.4 is 5.32 Å². The zero-order chi connectivity index (χ0) is 12.0. The fourth-order valence-corrected chi connectivity index (χ4v) is 2.46. The zero-order valence-electron chi connectivity index (χ0n) is 11.0. The van der Waals surface area contributed by atoms with Crippen molar-refractivity contribution in [2.75, 3.05) is 19.8 Å². The summed E-state index contributed by atoms with van der Waals surface area (Å²) in [6, 6.07) is 0.518. The molecule has 0 radical (unpaired) electrons. The van der Waals surface area contributed by atoms with Crippen LogP contribution in [0.25, 0.3) is 0 Å². The Hall–Kier alpha value is -0.120. The first kappa shape index (κ1) is 13.9. The molecule has 96 valence electrons. The molecule has 3 heteroatoms. The van der Waals surface area contributed by atoms with E-state index in [1.54, 1.807) is 0 Å². The third-order valence-electron chi connectivity index (χ3n) is 3.65. The molecule has 0 bridgehead atoms. The zero-order valence-corrected chi connectivity index (χ0v) is 11.0. The van der Waals surface area contributed by atoms with Crippen LogP contribution in [-0.2, 0) is 4.74 Å². The van der Waals surface area contributed by atoms with Crippen molar-refractivity contribution < 1.29 is 9.84 Å². The molecule has 0 saturated carbocycles. The number of rotatable bonds is 7. The Bertz CT molecular complexity index is 190. The number of ether oxygens (including phenoxy) is 1. The number of nitrogens with one attached hydrogen (secondary N) is 1. The smallest absolute Gasteiger partial charge is 0.102 e. The van der Waals surface area contributed by atoms with Crippen molar-refractivity contribution >= 4 is 0 Å². The largest absolute Gasteiger partial charge is 0.386 e. The summed E-state index contributed by atoms with van der Waals surface area (Å²) in [5, 5.41) is 13.7. The molecule has 3 unspecified atom stereocenters. The van der Waals surface area contributed by atoms with Gasteiger partial charge in [0, 0.05) is 25.6 Å². The molecule has 1 aliphatic rings. The van der Waals surface area contributed by atoms with Crippen LogP contribution in [0.3, 0.4) is 0 Å². The van der Waals surface area contributed by atoms with Crippen molar-refractivity contribution in [3.05, 3.63) is 0 Å². The van der Waals surface area contributed by atoms with Gasteiger partial charge in [-0.15, -0.1) is 0 Å². The van der Waals surface area contributed by atoms with Crippen molar-refractivity contribution in [1.29, 1.82) is 0 Å². The third kappa shape index (κ3) is 4.04. The molecule has 1 rings (SSSR count). The average molecular weight is 229 g/mol. The van der Waals surface area contributed by atoms with Crippen LogP contribution >= 0.6 is 0 Å². The monoisotopic (exact) mass is 229 g/mol. The van der Waals surface area contributed by atoms with Gasteiger partial charge < -0.3 is 15.2 Å². The summed E-state index contributed by atoms with van der Waals surface area (Å²) in [6.07, 6.45) is 4.36. The minimum Gasteiger partial charge on any atom is -0.386 e. The Balaban J connectivity index is 2.32. The minimum atomic E-state index is -0.626. The molecule has 16 heavy (non-hydrogen) atoms. The van der Waals surface area contributed by atoms with E-state index in [-0.39, 0.29) is 0 Å². The van der Waals surface area contributed by atoms with Gasteiger partial charge in [-0.25, -0.2) is 0 Å². The number of aliphatic hydroxyl groups is 1. The van der Waals surface area contributed by atoms with E-state index >= 15 is 0 Å². The van der Waals surface area contributed by atoms with Gasteiger partial charge in [0.1, 0.15) is 5.60 Å². The van der Waals surface area contributed by atoms with E-state index in [4.69, 9.17) is 4.74 Å². The molecule has 1 aliphatic heterocycles. The van der Waals surface area contributed by atoms with Crippen LogP contribution in [0.5, 0.6) is 0 Å². The summed E-state index contributed by atoms with van der Waals surface area (Å²) in [7, 11) is 0. The first-order chi connectivity index (χ1) is 7.61. The maximum atomic E-state index is 10.2. The molecule has 1 heterocycles. The molecule has 1 saturated heterocycles. The molecule has 1 fully saturated rings. The van der Waals surface area contributed by atoms with Gasteiger partial charge in [0.25, 0.3) is 0 Å². The van der Waals surface area contributed by atoms with Crippen LogP contribution in [0.4, 0.5) is 0 Å². The highest BCUT2D eigenvalue weighted by molar-refractivity contribution is 4.87. The van der Waals surface area contributed by atoms with Crippen molar-refractivity contribution in [2.45, 2.75) is 58.1 Å². The minimum absolute atomic E-state index is 0.485. The van der Waals surface area contributed by atoms with Crippen LogP contribution in [0, 0.1) is 5.92 Å². The van der Waals surface area contributed by atoms with E-state index < -0.39 is 5.60 Å². The lowest BCUT2D eigenvalue weighted by Crippen LogP contribution is -2.46. The maximum Gasteiger partial charge on any atom is 0.102 e. The fraction of sp³-hybridized carbons (Fsp3) is 1.00. The molecular formula is C13H27NO2. The second kappa shape index (κ2) is 6.58. The molecule has 2 N–H and O–H groups in total. The van der Waals surface area contributed by atoms with Gasteiger partial charge >= 0.3 is 0 Å². The Kier molecular flexibility index (Phi) is 5.73. The van der Waals surface area contributed by atoms with Crippen molar-refractivity contribution in [2.24, 2.45) is 5.92 Å². The van der Waals surface area contributed by atoms with E-state index in [0.717, 1.165) is 12.8 Å². The summed E-state index contributed by atoms with van der Waals surface area (Å²) in [4.78, 5) is 0. The first-order valence-electron chi connectivity index (χ1n) is 6.65. The summed E-state index contributed by atoms with van der Waals surface area (Å²) in [5.74, 6) is 0.681. The van der Waals surface area contributed by atoms with Gasteiger partial charge in [-0.3, -0.25) is 0 Å². The van der Waals surface area contributed by atoms with E-state index in [1.165, 1.54) is 12.8 Å². The Morgan fingerprint density at radius 1 is 1.44 bits per heavy atom. The Morgan fingerprint density at radius 2 is 2.19 bits per heavy atom. The lowest BCUT2D eigenvalue weighted by atomic mass is 9.93. The lowest BCUT2D eigenvalue weighted by Gasteiger charge is -2.28. The molecule has 3 nitrogen and oxygen atoms in total. The molecule has 0 aromatic carbocycles. The maximum absolute atomic E-state index is 10.2. The first-order valence-corrected chi connectivity index (χ1v) is 6.65. The Morgan fingerprint density at radius 3 is 2.69 bits per heavy atom. The highest BCUT2D eigenvalue weighted by Crippen LogP contribution is 2.19. The predicted molar refractivity (Wildman–Crippen MR) is 66.5 cm³/mol. The highest BCUT2D eigenvalue weighted by atomic mass is 16.5. The summed E-state index contributed by atoms with van der Waals surface area (Å²) < 4.78 is 5.24. The average Bonchev–Trinajstić information content (AvgIpc) is 2.67. The van der Waals surface area contributed by atoms with Crippen molar-refractivity contribution in [1.82, 2.24) is 5.32 Å². The van der Waals surface area contributed by atoms with Crippen LogP contribution in [-0.4, -0.2) is 36.5 Å². The summed E-state index contributed by atoms with van der Waals surface area (Å²) in [5.41, 5.74) is -0.626. The van der Waals surface area contributed by atoms with Gasteiger partial charge in [0.15, 0.2) is 0 Å². The molecular weight excluding hydrogens is 202 g/mol. The Labute approximate surface area is 99.6 Å². The van der Waals surface area contributed by atoms with E-state index in [1.807, 2.05) is 0 Å². The molecule has 0 aromatic heterocycles. The van der Waals surface area contributed by atoms with Gasteiger partial charge in [-0.1, -0.05) is 27.2 Å². The summed E-state index contributed by atoms with van der Waals surface area (Å²) >= 11 is 0. The van der Waals surface area contributed by atoms with Gasteiger partial charge in [0.2, 0.25) is 0 Å². The topological polar surface area (TPSA) is 41.5 Å². The molecule has 3 atom stereocenters. The molecule has 0 spiro atoms. The molecule has 0 amide bonds. The van der Waals surface area contributed by atoms with E-state index in [0.29, 0.717) is 31.7 Å². The van der Waals surface area contributed by atoms with Gasteiger partial charge in [-0.2, -0.15) is 0 Å². The van der Waals surface area contributed by atoms with E-state index in [9.17, 15) is 5.11 Å². The third-order valence-corrected chi connectivity index (χ3v) is 3.65. The van der Waals surface area contributed by atoms with E-state index in [2.05, 4.69) is 26.1 Å². The number of hydrogen-bond donors (Lipinski definition) is 2. The normalized spacial score (nSPS) is 29.2. The fourth-order valence-electron chi connectivity index (χ4n) is 2.46. The lowest BCUT2D eigenvalue weighted by molar-refractivity contribution is 0.0230. The predicted octanol–water partition coefficient (Wildman–Crippen LogP) is 1.94. The van der Waals surface area contributed by atoms with Gasteiger partial charge in [-0.05, 0) is 18.8 Å².